The number of nitrogens with zero attached hydrogens (tertiary/aromatic N) is 3. The van der Waals surface area contributed by atoms with Gasteiger partial charge in [-0.15, -0.1) is 0 Å². The van der Waals surface area contributed by atoms with Gasteiger partial charge in [0.2, 0.25) is 5.91 Å². The Hall–Kier alpha value is -2.22. The van der Waals surface area contributed by atoms with Gasteiger partial charge < -0.3 is 15.6 Å². The summed E-state index contributed by atoms with van der Waals surface area (Å²) in [6, 6.07) is 0.193. The number of carbonyl (C=O) groups is 2. The quantitative estimate of drug-likeness (QED) is 0.500. The molecular weight excluding hydrogens is 272 g/mol. The van der Waals surface area contributed by atoms with Gasteiger partial charge in [-0.1, -0.05) is 0 Å². The van der Waals surface area contributed by atoms with Crippen molar-refractivity contribution >= 4 is 17.6 Å². The van der Waals surface area contributed by atoms with E-state index in [-0.39, 0.29) is 23.6 Å². The molecule has 2 saturated heterocycles. The highest BCUT2D eigenvalue weighted by atomic mass is 16.2. The van der Waals surface area contributed by atoms with Gasteiger partial charge in [0.15, 0.2) is 5.82 Å². The Bertz CT molecular complexity index is 563. The maximum Gasteiger partial charge on any atom is 0.274 e. The standard InChI is InChI=1S/C13H18N6O2/c14-18-11-6-15-5-10(16-11)13(21)19-4-3-9-8(7-19)1-2-12(20)17-9/h5-6,8-9H,1-4,7,14H2,(H,16,18)(H,17,20). The van der Waals surface area contributed by atoms with Gasteiger partial charge in [0, 0.05) is 25.6 Å². The Balaban J connectivity index is 1.70. The van der Waals surface area contributed by atoms with Crippen LogP contribution in [0, 0.1) is 5.92 Å². The lowest BCUT2D eigenvalue weighted by molar-refractivity contribution is -0.125. The second-order valence-corrected chi connectivity index (χ2v) is 5.45. The summed E-state index contributed by atoms with van der Waals surface area (Å²) in [4.78, 5) is 33.7. The molecule has 2 aliphatic heterocycles. The number of nitrogen functional groups attached to an aromatic ring is 1. The maximum atomic E-state index is 12.5. The van der Waals surface area contributed by atoms with E-state index in [1.807, 2.05) is 0 Å². The van der Waals surface area contributed by atoms with E-state index in [0.29, 0.717) is 31.2 Å². The average Bonchev–Trinajstić information content (AvgIpc) is 2.53. The summed E-state index contributed by atoms with van der Waals surface area (Å²) >= 11 is 0. The van der Waals surface area contributed by atoms with E-state index in [1.165, 1.54) is 12.4 Å². The SMILES string of the molecule is NNc1cncc(C(=O)N2CCC3NC(=O)CCC3C2)n1. The zero-order chi connectivity index (χ0) is 14.8. The number of aromatic nitrogens is 2. The van der Waals surface area contributed by atoms with Crippen LogP contribution < -0.4 is 16.6 Å². The number of likely N-dealkylation sites (tertiary alicyclic amines) is 1. The summed E-state index contributed by atoms with van der Waals surface area (Å²) in [6.45, 7) is 1.26. The van der Waals surface area contributed by atoms with Crippen LogP contribution in [0.2, 0.25) is 0 Å². The molecule has 2 unspecified atom stereocenters. The first-order chi connectivity index (χ1) is 10.2. The third kappa shape index (κ3) is 2.80. The minimum Gasteiger partial charge on any atom is -0.353 e. The van der Waals surface area contributed by atoms with Gasteiger partial charge in [-0.25, -0.2) is 10.8 Å². The fourth-order valence-electron chi connectivity index (χ4n) is 3.00. The number of hydrogen-bond acceptors (Lipinski definition) is 6. The molecule has 0 bridgehead atoms. The van der Waals surface area contributed by atoms with E-state index >= 15 is 0 Å². The Morgan fingerprint density at radius 3 is 3.10 bits per heavy atom. The van der Waals surface area contributed by atoms with Crippen molar-refractivity contribution in [3.63, 3.8) is 0 Å². The van der Waals surface area contributed by atoms with E-state index in [9.17, 15) is 9.59 Å². The first-order valence-corrected chi connectivity index (χ1v) is 7.04. The van der Waals surface area contributed by atoms with Crippen LogP contribution in [0.4, 0.5) is 5.82 Å². The van der Waals surface area contributed by atoms with Gasteiger partial charge in [-0.2, -0.15) is 0 Å². The Morgan fingerprint density at radius 1 is 1.43 bits per heavy atom. The van der Waals surface area contributed by atoms with Crippen LogP contribution in [0.5, 0.6) is 0 Å². The molecule has 2 fully saturated rings. The van der Waals surface area contributed by atoms with Crippen molar-refractivity contribution in [2.75, 3.05) is 18.5 Å². The molecule has 21 heavy (non-hydrogen) atoms. The average molecular weight is 290 g/mol. The van der Waals surface area contributed by atoms with E-state index in [1.54, 1.807) is 4.90 Å². The van der Waals surface area contributed by atoms with Crippen molar-refractivity contribution in [1.29, 1.82) is 0 Å². The van der Waals surface area contributed by atoms with E-state index in [4.69, 9.17) is 5.84 Å². The Kier molecular flexibility index (Phi) is 3.70. The van der Waals surface area contributed by atoms with Crippen molar-refractivity contribution in [2.24, 2.45) is 11.8 Å². The van der Waals surface area contributed by atoms with Crippen molar-refractivity contribution in [3.05, 3.63) is 18.1 Å². The van der Waals surface area contributed by atoms with E-state index in [2.05, 4.69) is 20.7 Å². The molecule has 8 nitrogen and oxygen atoms in total. The molecular formula is C13H18N6O2. The second kappa shape index (κ2) is 5.65. The number of amides is 2. The lowest BCUT2D eigenvalue weighted by Gasteiger charge is -2.41. The number of piperidine rings is 2. The summed E-state index contributed by atoms with van der Waals surface area (Å²) in [5.74, 6) is 5.94. The second-order valence-electron chi connectivity index (χ2n) is 5.45. The smallest absolute Gasteiger partial charge is 0.274 e. The predicted molar refractivity (Wildman–Crippen MR) is 75.0 cm³/mol. The summed E-state index contributed by atoms with van der Waals surface area (Å²) in [5, 5.41) is 3.00. The number of hydrogen-bond donors (Lipinski definition) is 3. The molecule has 0 spiro atoms. The number of hydrazine groups is 1. The normalized spacial score (nSPS) is 25.0. The fourth-order valence-corrected chi connectivity index (χ4v) is 3.00. The largest absolute Gasteiger partial charge is 0.353 e. The van der Waals surface area contributed by atoms with Crippen LogP contribution in [0.25, 0.3) is 0 Å². The van der Waals surface area contributed by atoms with Gasteiger partial charge in [0.1, 0.15) is 5.69 Å². The maximum absolute atomic E-state index is 12.5. The molecule has 2 atom stereocenters. The molecule has 0 saturated carbocycles. The molecule has 1 aromatic heterocycles. The highest BCUT2D eigenvalue weighted by molar-refractivity contribution is 5.92. The summed E-state index contributed by atoms with van der Waals surface area (Å²) in [5.41, 5.74) is 2.66. The fraction of sp³-hybridized carbons (Fsp3) is 0.538. The number of nitrogens with one attached hydrogen (secondary N) is 2. The van der Waals surface area contributed by atoms with E-state index < -0.39 is 0 Å². The molecule has 2 amide bonds. The van der Waals surface area contributed by atoms with Crippen LogP contribution in [-0.4, -0.2) is 45.8 Å². The lowest BCUT2D eigenvalue weighted by atomic mass is 9.85. The summed E-state index contributed by atoms with van der Waals surface area (Å²) < 4.78 is 0. The minimum atomic E-state index is -0.144. The number of anilines is 1. The van der Waals surface area contributed by atoms with Crippen LogP contribution in [0.15, 0.2) is 12.4 Å². The van der Waals surface area contributed by atoms with Gasteiger partial charge in [0.05, 0.1) is 12.4 Å². The Morgan fingerprint density at radius 2 is 2.29 bits per heavy atom. The molecule has 0 aliphatic carbocycles. The van der Waals surface area contributed by atoms with Crippen LogP contribution >= 0.6 is 0 Å². The molecule has 0 radical (unpaired) electrons. The molecule has 2 aliphatic rings. The van der Waals surface area contributed by atoms with Gasteiger partial charge in [-0.3, -0.25) is 14.6 Å². The predicted octanol–water partition coefficient (Wildman–Crippen LogP) is -0.497. The Labute approximate surface area is 122 Å². The molecule has 4 N–H and O–H groups in total. The monoisotopic (exact) mass is 290 g/mol. The molecule has 8 heteroatoms. The third-order valence-electron chi connectivity index (χ3n) is 4.11. The molecule has 112 valence electrons. The van der Waals surface area contributed by atoms with Crippen LogP contribution in [0.3, 0.4) is 0 Å². The van der Waals surface area contributed by atoms with Gasteiger partial charge >= 0.3 is 0 Å². The van der Waals surface area contributed by atoms with Crippen LogP contribution in [-0.2, 0) is 4.79 Å². The first kappa shape index (κ1) is 13.7. The molecule has 3 heterocycles. The number of fused-ring (bicyclic) bond motifs is 1. The molecule has 0 aromatic carbocycles. The highest BCUT2D eigenvalue weighted by Gasteiger charge is 2.35. The summed E-state index contributed by atoms with van der Waals surface area (Å²) in [7, 11) is 0. The number of rotatable bonds is 2. The van der Waals surface area contributed by atoms with Crippen LogP contribution in [0.1, 0.15) is 29.8 Å². The van der Waals surface area contributed by atoms with Crippen molar-refractivity contribution in [1.82, 2.24) is 20.2 Å². The lowest BCUT2D eigenvalue weighted by Crippen LogP contribution is -2.55. The van der Waals surface area contributed by atoms with Crippen molar-refractivity contribution in [3.8, 4) is 0 Å². The zero-order valence-corrected chi connectivity index (χ0v) is 11.6. The van der Waals surface area contributed by atoms with E-state index in [0.717, 1.165) is 12.8 Å². The van der Waals surface area contributed by atoms with Gasteiger partial charge in [-0.05, 0) is 18.8 Å². The zero-order valence-electron chi connectivity index (χ0n) is 11.6. The first-order valence-electron chi connectivity index (χ1n) is 7.04. The number of carbonyl (C=O) groups excluding carboxylic acids is 2. The van der Waals surface area contributed by atoms with Crippen molar-refractivity contribution < 1.29 is 9.59 Å². The third-order valence-corrected chi connectivity index (χ3v) is 4.11. The molecule has 3 rings (SSSR count). The summed E-state index contributed by atoms with van der Waals surface area (Å²) in [6.07, 6.45) is 5.05. The van der Waals surface area contributed by atoms with Gasteiger partial charge in [0.25, 0.3) is 5.91 Å². The highest BCUT2D eigenvalue weighted by Crippen LogP contribution is 2.26. The molecule has 1 aromatic rings. The topological polar surface area (TPSA) is 113 Å². The number of nitrogens with two attached hydrogens (primary N) is 1. The minimum absolute atomic E-state index is 0.114. The van der Waals surface area contributed by atoms with Crippen molar-refractivity contribution in [2.45, 2.75) is 25.3 Å².